The Morgan fingerprint density at radius 1 is 1.40 bits per heavy atom. The zero-order chi connectivity index (χ0) is 7.82. The normalized spacial score (nSPS) is 25.2. The maximum absolute atomic E-state index is 5.34. The van der Waals surface area contributed by atoms with Crippen molar-refractivity contribution in [2.24, 2.45) is 0 Å². The molecule has 1 unspecified atom stereocenters. The fourth-order valence-electron chi connectivity index (χ4n) is 0.902. The minimum absolute atomic E-state index is 0.675. The molecule has 0 aliphatic carbocycles. The molecule has 0 bridgehead atoms. The Hall–Kier alpha value is 0.177. The van der Waals surface area contributed by atoms with Crippen LogP contribution in [0.1, 0.15) is 39.5 Å². The second kappa shape index (κ2) is 7.29. The molecule has 0 N–H and O–H groups in total. The third kappa shape index (κ3) is 6.30. The lowest BCUT2D eigenvalue weighted by molar-refractivity contribution is 0.0675. The van der Waals surface area contributed by atoms with Gasteiger partial charge in [-0.15, -0.1) is 0 Å². The molecular formula is C8H20OSi. The van der Waals surface area contributed by atoms with E-state index < -0.39 is 0 Å². The number of hydrogen-bond acceptors (Lipinski definition) is 1. The third-order valence-corrected chi connectivity index (χ3v) is 2.32. The van der Waals surface area contributed by atoms with Crippen LogP contribution in [0, 0.1) is 0 Å². The SMILES string of the molecule is CCC.[SiH3]C1CCCCO1. The highest BCUT2D eigenvalue weighted by atomic mass is 28.1. The molecule has 62 valence electrons. The fraction of sp³-hybridized carbons (Fsp3) is 1.00. The van der Waals surface area contributed by atoms with E-state index in [0.717, 1.165) is 6.61 Å². The summed E-state index contributed by atoms with van der Waals surface area (Å²) in [4.78, 5) is 0. The van der Waals surface area contributed by atoms with Gasteiger partial charge in [-0.2, -0.15) is 0 Å². The zero-order valence-electron chi connectivity index (χ0n) is 7.52. The van der Waals surface area contributed by atoms with Crippen LogP contribution >= 0.6 is 0 Å². The maximum Gasteiger partial charge on any atom is 0.0465 e. The summed E-state index contributed by atoms with van der Waals surface area (Å²) in [6.45, 7) is 5.27. The highest BCUT2D eigenvalue weighted by Gasteiger charge is 2.05. The van der Waals surface area contributed by atoms with Crippen molar-refractivity contribution in [3.63, 3.8) is 0 Å². The van der Waals surface area contributed by atoms with E-state index in [1.165, 1.54) is 35.9 Å². The second-order valence-corrected chi connectivity index (χ2v) is 4.17. The van der Waals surface area contributed by atoms with E-state index in [0.29, 0.717) is 5.73 Å². The van der Waals surface area contributed by atoms with E-state index in [1.807, 2.05) is 0 Å². The summed E-state index contributed by atoms with van der Waals surface area (Å²) in [6, 6.07) is 0. The van der Waals surface area contributed by atoms with E-state index in [9.17, 15) is 0 Å². The Kier molecular flexibility index (Phi) is 7.41. The van der Waals surface area contributed by atoms with Gasteiger partial charge in [-0.25, -0.2) is 0 Å². The van der Waals surface area contributed by atoms with Crippen LogP contribution in [0.2, 0.25) is 0 Å². The summed E-state index contributed by atoms with van der Waals surface area (Å²) in [5.74, 6) is 0. The average Bonchev–Trinajstić information content (AvgIpc) is 1.91. The molecule has 1 rings (SSSR count). The molecule has 0 aromatic carbocycles. The van der Waals surface area contributed by atoms with Crippen molar-refractivity contribution < 1.29 is 4.74 Å². The van der Waals surface area contributed by atoms with Crippen LogP contribution in [0.4, 0.5) is 0 Å². The van der Waals surface area contributed by atoms with Gasteiger partial charge in [-0.05, 0) is 19.3 Å². The summed E-state index contributed by atoms with van der Waals surface area (Å²) in [5.41, 5.74) is 0.675. The predicted molar refractivity (Wildman–Crippen MR) is 49.5 cm³/mol. The van der Waals surface area contributed by atoms with Crippen LogP contribution in [-0.4, -0.2) is 22.6 Å². The number of rotatable bonds is 0. The predicted octanol–water partition coefficient (Wildman–Crippen LogP) is 1.29. The third-order valence-electron chi connectivity index (χ3n) is 1.41. The van der Waals surface area contributed by atoms with Gasteiger partial charge in [0.2, 0.25) is 0 Å². The molecule has 1 aliphatic rings. The maximum atomic E-state index is 5.34. The average molecular weight is 160 g/mol. The monoisotopic (exact) mass is 160 g/mol. The molecule has 1 atom stereocenters. The van der Waals surface area contributed by atoms with E-state index >= 15 is 0 Å². The Bertz CT molecular complexity index is 60.3. The van der Waals surface area contributed by atoms with Crippen molar-refractivity contribution in [1.29, 1.82) is 0 Å². The van der Waals surface area contributed by atoms with Crippen molar-refractivity contribution in [3.05, 3.63) is 0 Å². The zero-order valence-corrected chi connectivity index (χ0v) is 9.52. The smallest absolute Gasteiger partial charge is 0.0465 e. The second-order valence-electron chi connectivity index (χ2n) is 2.88. The van der Waals surface area contributed by atoms with Gasteiger partial charge in [-0.3, -0.25) is 0 Å². The molecule has 10 heavy (non-hydrogen) atoms. The van der Waals surface area contributed by atoms with Gasteiger partial charge in [0.05, 0.1) is 0 Å². The Morgan fingerprint density at radius 2 is 2.00 bits per heavy atom. The molecule has 1 fully saturated rings. The van der Waals surface area contributed by atoms with Crippen LogP contribution in [0.15, 0.2) is 0 Å². The van der Waals surface area contributed by atoms with Gasteiger partial charge in [0, 0.05) is 22.6 Å². The number of ether oxygens (including phenoxy) is 1. The molecule has 1 saturated heterocycles. The van der Waals surface area contributed by atoms with Crippen molar-refractivity contribution in [1.82, 2.24) is 0 Å². The first-order chi connectivity index (χ1) is 4.81. The topological polar surface area (TPSA) is 9.23 Å². The number of hydrogen-bond donors (Lipinski definition) is 0. The molecule has 1 aliphatic heterocycles. The summed E-state index contributed by atoms with van der Waals surface area (Å²) >= 11 is 0. The Balaban J connectivity index is 0.000000236. The highest BCUT2D eigenvalue weighted by Crippen LogP contribution is 2.08. The first-order valence-corrected chi connectivity index (χ1v) is 5.58. The lowest BCUT2D eigenvalue weighted by Crippen LogP contribution is -2.18. The van der Waals surface area contributed by atoms with Crippen molar-refractivity contribution >= 4 is 10.2 Å². The summed E-state index contributed by atoms with van der Waals surface area (Å²) in [6.07, 6.45) is 5.26. The van der Waals surface area contributed by atoms with E-state index in [1.54, 1.807) is 0 Å². The molecule has 0 radical (unpaired) electrons. The van der Waals surface area contributed by atoms with Crippen molar-refractivity contribution in [3.8, 4) is 0 Å². The molecule has 1 nitrogen and oxygen atoms in total. The Labute approximate surface area is 67.6 Å². The van der Waals surface area contributed by atoms with Crippen LogP contribution in [-0.2, 0) is 4.74 Å². The van der Waals surface area contributed by atoms with Crippen LogP contribution < -0.4 is 0 Å². The summed E-state index contributed by atoms with van der Waals surface area (Å²) in [7, 11) is 1.23. The summed E-state index contributed by atoms with van der Waals surface area (Å²) in [5, 5.41) is 0. The van der Waals surface area contributed by atoms with Gasteiger partial charge in [0.1, 0.15) is 0 Å². The molecule has 2 heteroatoms. The largest absolute Gasteiger partial charge is 0.383 e. The minimum atomic E-state index is 0.675. The van der Waals surface area contributed by atoms with Gasteiger partial charge in [-0.1, -0.05) is 20.3 Å². The molecular weight excluding hydrogens is 140 g/mol. The minimum Gasteiger partial charge on any atom is -0.383 e. The molecule has 1 heterocycles. The lowest BCUT2D eigenvalue weighted by Gasteiger charge is -2.17. The quantitative estimate of drug-likeness (QED) is 0.485. The highest BCUT2D eigenvalue weighted by molar-refractivity contribution is 6.10. The molecule has 0 spiro atoms. The van der Waals surface area contributed by atoms with Gasteiger partial charge >= 0.3 is 0 Å². The van der Waals surface area contributed by atoms with Crippen molar-refractivity contribution in [2.45, 2.75) is 45.3 Å². The van der Waals surface area contributed by atoms with E-state index in [-0.39, 0.29) is 0 Å². The van der Waals surface area contributed by atoms with Crippen molar-refractivity contribution in [2.75, 3.05) is 6.61 Å². The standard InChI is InChI=1S/C5H12OSi.C3H8/c7-5-3-1-2-4-6-5;1-3-2/h5H,1-4H2,7H3;3H2,1-2H3. The molecule has 0 amide bonds. The molecule has 0 aromatic heterocycles. The van der Waals surface area contributed by atoms with Crippen LogP contribution in [0.5, 0.6) is 0 Å². The van der Waals surface area contributed by atoms with Crippen LogP contribution in [0.25, 0.3) is 0 Å². The lowest BCUT2D eigenvalue weighted by atomic mass is 10.2. The van der Waals surface area contributed by atoms with E-state index in [4.69, 9.17) is 4.74 Å². The first kappa shape index (κ1) is 10.2. The van der Waals surface area contributed by atoms with E-state index in [2.05, 4.69) is 13.8 Å². The summed E-state index contributed by atoms with van der Waals surface area (Å²) < 4.78 is 5.34. The van der Waals surface area contributed by atoms with Gasteiger partial charge in [0.25, 0.3) is 0 Å². The molecule has 0 aromatic rings. The molecule has 0 saturated carbocycles. The first-order valence-electron chi connectivity index (χ1n) is 4.42. The van der Waals surface area contributed by atoms with Gasteiger partial charge in [0.15, 0.2) is 0 Å². The van der Waals surface area contributed by atoms with Crippen LogP contribution in [0.3, 0.4) is 0 Å². The Morgan fingerprint density at radius 3 is 2.20 bits per heavy atom. The van der Waals surface area contributed by atoms with Gasteiger partial charge < -0.3 is 4.74 Å². The fourth-order valence-corrected chi connectivity index (χ4v) is 1.55.